The lowest BCUT2D eigenvalue weighted by atomic mass is 9.95. The number of hydrogen-bond donors (Lipinski definition) is 3. The van der Waals surface area contributed by atoms with Gasteiger partial charge in [-0.15, -0.1) is 12.4 Å². The highest BCUT2D eigenvalue weighted by Crippen LogP contribution is 2.38. The summed E-state index contributed by atoms with van der Waals surface area (Å²) in [6, 6.07) is -0.783. The molecule has 0 aromatic heterocycles. The van der Waals surface area contributed by atoms with Crippen LogP contribution in [-0.2, 0) is 14.8 Å². The number of carbonyl (C=O) groups excluding carboxylic acids is 1. The third-order valence-corrected chi connectivity index (χ3v) is 3.88. The summed E-state index contributed by atoms with van der Waals surface area (Å²) in [4.78, 5) is 11.8. The van der Waals surface area contributed by atoms with Gasteiger partial charge in [0, 0.05) is 6.54 Å². The molecule has 0 aromatic rings. The molecule has 1 amide bonds. The molecule has 6 nitrogen and oxygen atoms in total. The number of amides is 1. The Morgan fingerprint density at radius 1 is 1.50 bits per heavy atom. The normalized spacial score (nSPS) is 20.4. The Morgan fingerprint density at radius 3 is 2.33 bits per heavy atom. The minimum Gasteiger partial charge on any atom is -0.348 e. The van der Waals surface area contributed by atoms with Crippen molar-refractivity contribution in [2.45, 2.75) is 38.3 Å². The van der Waals surface area contributed by atoms with E-state index in [0.717, 1.165) is 19.1 Å². The predicted octanol–water partition coefficient (Wildman–Crippen LogP) is -0.410. The molecule has 1 rings (SSSR count). The molecule has 1 fully saturated rings. The van der Waals surface area contributed by atoms with Crippen LogP contribution in [0.4, 0.5) is 0 Å². The average molecular weight is 300 g/mol. The monoisotopic (exact) mass is 299 g/mol. The van der Waals surface area contributed by atoms with E-state index in [0.29, 0.717) is 12.5 Å². The van der Waals surface area contributed by atoms with Crippen molar-refractivity contribution in [1.29, 1.82) is 0 Å². The molecule has 0 saturated heterocycles. The van der Waals surface area contributed by atoms with E-state index in [-0.39, 0.29) is 18.3 Å². The molecule has 0 spiro atoms. The van der Waals surface area contributed by atoms with Crippen molar-refractivity contribution < 1.29 is 13.2 Å². The van der Waals surface area contributed by atoms with Crippen LogP contribution in [0.15, 0.2) is 0 Å². The van der Waals surface area contributed by atoms with Crippen LogP contribution in [0.2, 0.25) is 0 Å². The Balaban J connectivity index is 0.00000289. The van der Waals surface area contributed by atoms with E-state index in [4.69, 9.17) is 5.73 Å². The SMILES string of the molecule is CC(NS(C)(=O)=O)C(=O)NC(C)(CN)C1CC1.Cl. The maximum Gasteiger partial charge on any atom is 0.238 e. The Bertz CT molecular complexity index is 397. The molecular weight excluding hydrogens is 278 g/mol. The van der Waals surface area contributed by atoms with Gasteiger partial charge < -0.3 is 11.1 Å². The summed E-state index contributed by atoms with van der Waals surface area (Å²) in [5.41, 5.74) is 5.24. The number of rotatable bonds is 6. The fourth-order valence-corrected chi connectivity index (χ4v) is 2.55. The van der Waals surface area contributed by atoms with E-state index >= 15 is 0 Å². The Hall–Kier alpha value is -0.370. The average Bonchev–Trinajstić information content (AvgIpc) is 2.97. The zero-order valence-electron chi connectivity index (χ0n) is 10.9. The van der Waals surface area contributed by atoms with Gasteiger partial charge in [-0.3, -0.25) is 4.79 Å². The first-order valence-corrected chi connectivity index (χ1v) is 7.56. The number of nitrogens with one attached hydrogen (secondary N) is 2. The minimum atomic E-state index is -3.38. The molecule has 0 aromatic carbocycles. The third-order valence-electron chi connectivity index (χ3n) is 3.10. The van der Waals surface area contributed by atoms with Crippen LogP contribution in [0.1, 0.15) is 26.7 Å². The summed E-state index contributed by atoms with van der Waals surface area (Å²) in [6.45, 7) is 3.77. The first kappa shape index (κ1) is 17.6. The molecule has 0 heterocycles. The fraction of sp³-hybridized carbons (Fsp3) is 0.900. The van der Waals surface area contributed by atoms with Gasteiger partial charge in [-0.2, -0.15) is 0 Å². The lowest BCUT2D eigenvalue weighted by Gasteiger charge is -2.30. The smallest absolute Gasteiger partial charge is 0.238 e. The predicted molar refractivity (Wildman–Crippen MR) is 73.0 cm³/mol. The molecule has 4 N–H and O–H groups in total. The van der Waals surface area contributed by atoms with Crippen LogP contribution in [0.3, 0.4) is 0 Å². The number of carbonyl (C=O) groups is 1. The van der Waals surface area contributed by atoms with Gasteiger partial charge in [-0.05, 0) is 32.6 Å². The number of nitrogens with two attached hydrogens (primary N) is 1. The van der Waals surface area contributed by atoms with Gasteiger partial charge in [0.15, 0.2) is 0 Å². The second kappa shape index (κ2) is 6.18. The Kier molecular flexibility index (Phi) is 6.06. The molecule has 1 saturated carbocycles. The summed E-state index contributed by atoms with van der Waals surface area (Å²) in [7, 11) is -3.38. The van der Waals surface area contributed by atoms with E-state index < -0.39 is 21.6 Å². The van der Waals surface area contributed by atoms with Gasteiger partial charge in [-0.1, -0.05) is 0 Å². The van der Waals surface area contributed by atoms with E-state index in [1.165, 1.54) is 6.92 Å². The van der Waals surface area contributed by atoms with Crippen molar-refractivity contribution in [3.05, 3.63) is 0 Å². The highest BCUT2D eigenvalue weighted by molar-refractivity contribution is 7.88. The van der Waals surface area contributed by atoms with Gasteiger partial charge in [0.1, 0.15) is 0 Å². The van der Waals surface area contributed by atoms with Crippen molar-refractivity contribution in [2.24, 2.45) is 11.7 Å². The van der Waals surface area contributed by atoms with Gasteiger partial charge in [0.05, 0.1) is 17.8 Å². The van der Waals surface area contributed by atoms with Crippen molar-refractivity contribution in [3.8, 4) is 0 Å². The van der Waals surface area contributed by atoms with E-state index in [1.807, 2.05) is 6.92 Å². The van der Waals surface area contributed by atoms with Gasteiger partial charge >= 0.3 is 0 Å². The third kappa shape index (κ3) is 5.09. The van der Waals surface area contributed by atoms with Gasteiger partial charge in [0.25, 0.3) is 0 Å². The summed E-state index contributed by atoms with van der Waals surface area (Å²) in [5.74, 6) is 0.0668. The topological polar surface area (TPSA) is 101 Å². The van der Waals surface area contributed by atoms with Crippen LogP contribution in [0.5, 0.6) is 0 Å². The second-order valence-electron chi connectivity index (χ2n) is 5.00. The molecule has 2 unspecified atom stereocenters. The molecule has 0 aliphatic heterocycles. The molecule has 1 aliphatic rings. The van der Waals surface area contributed by atoms with Crippen molar-refractivity contribution >= 4 is 28.3 Å². The van der Waals surface area contributed by atoms with Crippen LogP contribution in [0, 0.1) is 5.92 Å². The molecule has 1 aliphatic carbocycles. The van der Waals surface area contributed by atoms with E-state index in [9.17, 15) is 13.2 Å². The van der Waals surface area contributed by atoms with E-state index in [2.05, 4.69) is 10.0 Å². The second-order valence-corrected chi connectivity index (χ2v) is 6.78. The zero-order valence-corrected chi connectivity index (χ0v) is 12.5. The summed E-state index contributed by atoms with van der Waals surface area (Å²) in [6.07, 6.45) is 3.14. The van der Waals surface area contributed by atoms with Crippen molar-refractivity contribution in [3.63, 3.8) is 0 Å². The number of halogens is 1. The molecule has 8 heteroatoms. The van der Waals surface area contributed by atoms with Crippen LogP contribution < -0.4 is 15.8 Å². The molecular formula is C10H22ClN3O3S. The molecule has 108 valence electrons. The van der Waals surface area contributed by atoms with Crippen molar-refractivity contribution in [1.82, 2.24) is 10.0 Å². The maximum absolute atomic E-state index is 11.8. The van der Waals surface area contributed by atoms with Crippen LogP contribution >= 0.6 is 12.4 Å². The molecule has 18 heavy (non-hydrogen) atoms. The molecule has 0 bridgehead atoms. The van der Waals surface area contributed by atoms with Crippen LogP contribution in [-0.4, -0.2) is 38.7 Å². The first-order chi connectivity index (χ1) is 7.68. The number of sulfonamides is 1. The maximum atomic E-state index is 11.8. The van der Waals surface area contributed by atoms with Crippen LogP contribution in [0.25, 0.3) is 0 Å². The molecule has 0 radical (unpaired) electrons. The van der Waals surface area contributed by atoms with E-state index in [1.54, 1.807) is 0 Å². The highest BCUT2D eigenvalue weighted by atomic mass is 35.5. The lowest BCUT2D eigenvalue weighted by Crippen LogP contribution is -2.57. The molecule has 2 atom stereocenters. The van der Waals surface area contributed by atoms with Crippen molar-refractivity contribution in [2.75, 3.05) is 12.8 Å². The number of hydrogen-bond acceptors (Lipinski definition) is 4. The Morgan fingerprint density at radius 2 is 2.00 bits per heavy atom. The minimum absolute atomic E-state index is 0. The summed E-state index contributed by atoms with van der Waals surface area (Å²) < 4.78 is 24.3. The zero-order chi connectivity index (χ0) is 13.3. The summed E-state index contributed by atoms with van der Waals surface area (Å²) >= 11 is 0. The largest absolute Gasteiger partial charge is 0.348 e. The van der Waals surface area contributed by atoms with Gasteiger partial charge in [0.2, 0.25) is 15.9 Å². The standard InChI is InChI=1S/C10H21N3O3S.ClH/c1-7(13-17(3,15)16)9(14)12-10(2,6-11)8-4-5-8;/h7-8,13H,4-6,11H2,1-3H3,(H,12,14);1H. The fourth-order valence-electron chi connectivity index (χ4n) is 1.80. The first-order valence-electron chi connectivity index (χ1n) is 5.67. The Labute approximate surface area is 115 Å². The lowest BCUT2D eigenvalue weighted by molar-refractivity contribution is -0.124. The quantitative estimate of drug-likeness (QED) is 0.620. The van der Waals surface area contributed by atoms with Gasteiger partial charge in [-0.25, -0.2) is 13.1 Å². The summed E-state index contributed by atoms with van der Waals surface area (Å²) in [5, 5.41) is 2.84. The highest BCUT2D eigenvalue weighted by Gasteiger charge is 2.42.